The molecule has 0 saturated carbocycles. The largest absolute Gasteiger partial charge is 0.495 e. The van der Waals surface area contributed by atoms with Gasteiger partial charge in [0.2, 0.25) is 0 Å². The first kappa shape index (κ1) is 16.9. The van der Waals surface area contributed by atoms with Crippen molar-refractivity contribution >= 4 is 5.69 Å². The van der Waals surface area contributed by atoms with Crippen LogP contribution >= 0.6 is 0 Å². The van der Waals surface area contributed by atoms with E-state index in [1.807, 2.05) is 0 Å². The van der Waals surface area contributed by atoms with Crippen molar-refractivity contribution in [2.45, 2.75) is 65.2 Å². The van der Waals surface area contributed by atoms with E-state index in [1.165, 1.54) is 37.7 Å². The van der Waals surface area contributed by atoms with E-state index in [1.54, 1.807) is 7.11 Å². The highest BCUT2D eigenvalue weighted by molar-refractivity contribution is 5.59. The number of nitrogens with one attached hydrogen (secondary N) is 1. The maximum atomic E-state index is 5.45. The molecule has 0 aliphatic carbocycles. The molecule has 0 saturated heterocycles. The summed E-state index contributed by atoms with van der Waals surface area (Å²) in [5.74, 6) is 0.937. The van der Waals surface area contributed by atoms with Gasteiger partial charge in [-0.1, -0.05) is 59.4 Å². The average Bonchev–Trinajstić information content (AvgIpc) is 2.41. The quantitative estimate of drug-likeness (QED) is 0.644. The predicted octanol–water partition coefficient (Wildman–Crippen LogP) is 5.38. The minimum absolute atomic E-state index is 0.170. The van der Waals surface area contributed by atoms with Crippen LogP contribution in [0.25, 0.3) is 0 Å². The van der Waals surface area contributed by atoms with Gasteiger partial charge in [0.25, 0.3) is 0 Å². The van der Waals surface area contributed by atoms with E-state index in [0.717, 1.165) is 18.0 Å². The first-order chi connectivity index (χ1) is 9.49. The lowest BCUT2D eigenvalue weighted by atomic mass is 9.87. The number of anilines is 1. The lowest BCUT2D eigenvalue weighted by molar-refractivity contribution is 0.416. The van der Waals surface area contributed by atoms with E-state index in [9.17, 15) is 0 Å². The average molecular weight is 277 g/mol. The lowest BCUT2D eigenvalue weighted by Gasteiger charge is -2.21. The molecule has 0 atom stereocenters. The third-order valence-electron chi connectivity index (χ3n) is 3.66. The van der Waals surface area contributed by atoms with E-state index in [2.05, 4.69) is 51.2 Å². The van der Waals surface area contributed by atoms with E-state index in [-0.39, 0.29) is 5.41 Å². The van der Waals surface area contributed by atoms with Gasteiger partial charge in [0, 0.05) is 6.54 Å². The van der Waals surface area contributed by atoms with Gasteiger partial charge in [-0.3, -0.25) is 0 Å². The maximum absolute atomic E-state index is 5.45. The summed E-state index contributed by atoms with van der Waals surface area (Å²) in [6, 6.07) is 6.45. The molecule has 2 heteroatoms. The zero-order valence-corrected chi connectivity index (χ0v) is 13.9. The molecule has 0 aliphatic rings. The number of ether oxygens (including phenoxy) is 1. The van der Waals surface area contributed by atoms with Crippen molar-refractivity contribution in [3.05, 3.63) is 23.8 Å². The Morgan fingerprint density at radius 2 is 1.75 bits per heavy atom. The lowest BCUT2D eigenvalue weighted by Crippen LogP contribution is -2.12. The zero-order chi connectivity index (χ0) is 15.0. The number of hydrogen-bond donors (Lipinski definition) is 1. The second kappa shape index (κ2) is 8.18. The third-order valence-corrected chi connectivity index (χ3v) is 3.66. The molecule has 0 heterocycles. The van der Waals surface area contributed by atoms with Crippen molar-refractivity contribution in [1.29, 1.82) is 0 Å². The van der Waals surface area contributed by atoms with Crippen molar-refractivity contribution in [3.8, 4) is 5.75 Å². The van der Waals surface area contributed by atoms with Crippen molar-refractivity contribution in [2.24, 2.45) is 0 Å². The number of hydrogen-bond acceptors (Lipinski definition) is 2. The molecule has 0 fully saturated rings. The fourth-order valence-corrected chi connectivity index (χ4v) is 2.26. The molecule has 114 valence electrons. The molecule has 0 spiro atoms. The molecule has 0 amide bonds. The van der Waals surface area contributed by atoms with Crippen LogP contribution < -0.4 is 10.1 Å². The zero-order valence-electron chi connectivity index (χ0n) is 13.9. The molecule has 20 heavy (non-hydrogen) atoms. The molecule has 1 rings (SSSR count). The third kappa shape index (κ3) is 5.44. The molecule has 1 aromatic carbocycles. The van der Waals surface area contributed by atoms with Crippen LogP contribution in [0.3, 0.4) is 0 Å². The van der Waals surface area contributed by atoms with Crippen molar-refractivity contribution in [1.82, 2.24) is 0 Å². The molecule has 2 nitrogen and oxygen atoms in total. The minimum Gasteiger partial charge on any atom is -0.495 e. The van der Waals surface area contributed by atoms with Crippen molar-refractivity contribution < 1.29 is 4.74 Å². The van der Waals surface area contributed by atoms with Crippen LogP contribution in [0.15, 0.2) is 18.2 Å². The highest BCUT2D eigenvalue weighted by Crippen LogP contribution is 2.31. The summed E-state index contributed by atoms with van der Waals surface area (Å²) in [5.41, 5.74) is 2.63. The summed E-state index contributed by atoms with van der Waals surface area (Å²) < 4.78 is 5.45. The summed E-state index contributed by atoms with van der Waals surface area (Å²) in [5, 5.41) is 3.53. The Morgan fingerprint density at radius 3 is 2.35 bits per heavy atom. The Morgan fingerprint density at radius 1 is 1.05 bits per heavy atom. The van der Waals surface area contributed by atoms with Gasteiger partial charge >= 0.3 is 0 Å². The Balaban J connectivity index is 2.58. The molecule has 0 aliphatic heterocycles. The molecule has 0 aromatic heterocycles. The fraction of sp³-hybridized carbons (Fsp3) is 0.667. The van der Waals surface area contributed by atoms with E-state index >= 15 is 0 Å². The number of unbranched alkanes of at least 4 members (excludes halogenated alkanes) is 4. The molecule has 0 bridgehead atoms. The molecular formula is C18H31NO. The fourth-order valence-electron chi connectivity index (χ4n) is 2.26. The van der Waals surface area contributed by atoms with Crippen LogP contribution in [-0.2, 0) is 5.41 Å². The van der Waals surface area contributed by atoms with Gasteiger partial charge in [0.15, 0.2) is 0 Å². The van der Waals surface area contributed by atoms with E-state index < -0.39 is 0 Å². The summed E-state index contributed by atoms with van der Waals surface area (Å²) >= 11 is 0. The number of rotatable bonds is 8. The number of methoxy groups -OCH3 is 1. The Bertz CT molecular complexity index is 393. The monoisotopic (exact) mass is 277 g/mol. The topological polar surface area (TPSA) is 21.3 Å². The first-order valence-electron chi connectivity index (χ1n) is 7.91. The smallest absolute Gasteiger partial charge is 0.141 e. The van der Waals surface area contributed by atoms with Gasteiger partial charge in [-0.05, 0) is 29.5 Å². The van der Waals surface area contributed by atoms with Crippen LogP contribution in [0.4, 0.5) is 5.69 Å². The van der Waals surface area contributed by atoms with Crippen molar-refractivity contribution in [3.63, 3.8) is 0 Å². The van der Waals surface area contributed by atoms with Gasteiger partial charge in [-0.15, -0.1) is 0 Å². The van der Waals surface area contributed by atoms with Crippen LogP contribution in [0.2, 0.25) is 0 Å². The SMILES string of the molecule is CCCCCCCNc1cc(C(C)(C)C)ccc1OC. The predicted molar refractivity (Wildman–Crippen MR) is 88.9 cm³/mol. The summed E-state index contributed by atoms with van der Waals surface area (Å²) in [6.45, 7) is 9.99. The van der Waals surface area contributed by atoms with Crippen LogP contribution in [0.5, 0.6) is 5.75 Å². The van der Waals surface area contributed by atoms with Gasteiger partial charge < -0.3 is 10.1 Å². The van der Waals surface area contributed by atoms with E-state index in [0.29, 0.717) is 0 Å². The highest BCUT2D eigenvalue weighted by atomic mass is 16.5. The Labute approximate surface area is 124 Å². The number of benzene rings is 1. The minimum atomic E-state index is 0.170. The van der Waals surface area contributed by atoms with Gasteiger partial charge in [-0.25, -0.2) is 0 Å². The van der Waals surface area contributed by atoms with Crippen LogP contribution in [-0.4, -0.2) is 13.7 Å². The Kier molecular flexibility index (Phi) is 6.90. The van der Waals surface area contributed by atoms with Crippen molar-refractivity contribution in [2.75, 3.05) is 19.0 Å². The first-order valence-corrected chi connectivity index (χ1v) is 7.91. The molecule has 1 N–H and O–H groups in total. The molecule has 0 radical (unpaired) electrons. The van der Waals surface area contributed by atoms with Crippen LogP contribution in [0.1, 0.15) is 65.4 Å². The normalized spacial score (nSPS) is 11.4. The second-order valence-corrected chi connectivity index (χ2v) is 6.51. The molecule has 1 aromatic rings. The molecular weight excluding hydrogens is 246 g/mol. The Hall–Kier alpha value is -1.18. The summed E-state index contributed by atoms with van der Waals surface area (Å²) in [7, 11) is 1.73. The standard InChI is InChI=1S/C18H31NO/c1-6-7-8-9-10-13-19-16-14-15(18(2,3)4)11-12-17(16)20-5/h11-12,14,19H,6-10,13H2,1-5H3. The van der Waals surface area contributed by atoms with Gasteiger partial charge in [-0.2, -0.15) is 0 Å². The summed E-state index contributed by atoms with van der Waals surface area (Å²) in [4.78, 5) is 0. The second-order valence-electron chi connectivity index (χ2n) is 6.51. The maximum Gasteiger partial charge on any atom is 0.141 e. The van der Waals surface area contributed by atoms with Crippen LogP contribution in [0, 0.1) is 0 Å². The summed E-state index contributed by atoms with van der Waals surface area (Å²) in [6.07, 6.45) is 6.53. The highest BCUT2D eigenvalue weighted by Gasteiger charge is 2.15. The van der Waals surface area contributed by atoms with Gasteiger partial charge in [0.1, 0.15) is 5.75 Å². The van der Waals surface area contributed by atoms with Gasteiger partial charge in [0.05, 0.1) is 12.8 Å². The molecule has 0 unspecified atom stereocenters. The van der Waals surface area contributed by atoms with E-state index in [4.69, 9.17) is 4.74 Å².